The van der Waals surface area contributed by atoms with E-state index in [-0.39, 0.29) is 24.2 Å². The Morgan fingerprint density at radius 2 is 1.88 bits per heavy atom. The SMILES string of the molecule is COc1cc(CN(C(=O)c2cccc(-c3cccc(F)c3)c2)[C@H]2CCCCNC2=O)ccc1OCCc1scnc1C. The maximum absolute atomic E-state index is 14.1. The van der Waals surface area contributed by atoms with Crippen molar-refractivity contribution in [1.82, 2.24) is 15.2 Å². The summed E-state index contributed by atoms with van der Waals surface area (Å²) in [4.78, 5) is 34.3. The predicted octanol–water partition coefficient (Wildman–Crippen LogP) is 6.20. The van der Waals surface area contributed by atoms with E-state index in [0.717, 1.165) is 36.1 Å². The third-order valence-electron chi connectivity index (χ3n) is 7.42. The first-order valence-corrected chi connectivity index (χ1v) is 14.9. The fraction of sp³-hybridized carbons (Fsp3) is 0.303. The molecule has 2 heterocycles. The van der Waals surface area contributed by atoms with Gasteiger partial charge in [-0.15, -0.1) is 11.3 Å². The lowest BCUT2D eigenvalue weighted by Gasteiger charge is -2.30. The summed E-state index contributed by atoms with van der Waals surface area (Å²) in [5.74, 6) is 0.388. The second-order valence-electron chi connectivity index (χ2n) is 10.3. The minimum atomic E-state index is -0.623. The number of carbonyl (C=O) groups excluding carboxylic acids is 2. The number of rotatable bonds is 10. The Balaban J connectivity index is 1.40. The number of hydrogen-bond donors (Lipinski definition) is 1. The number of aryl methyl sites for hydroxylation is 1. The zero-order chi connectivity index (χ0) is 29.5. The Kier molecular flexibility index (Phi) is 9.48. The minimum Gasteiger partial charge on any atom is -0.493 e. The lowest BCUT2D eigenvalue weighted by molar-refractivity contribution is -0.125. The van der Waals surface area contributed by atoms with Crippen LogP contribution in [0.15, 0.2) is 72.2 Å². The summed E-state index contributed by atoms with van der Waals surface area (Å²) in [6, 6.07) is 18.3. The highest BCUT2D eigenvalue weighted by Gasteiger charge is 2.32. The van der Waals surface area contributed by atoms with Crippen molar-refractivity contribution in [3.8, 4) is 22.6 Å². The van der Waals surface area contributed by atoms with E-state index in [4.69, 9.17) is 9.47 Å². The first-order chi connectivity index (χ1) is 20.4. The van der Waals surface area contributed by atoms with E-state index in [1.807, 2.05) is 36.7 Å². The molecule has 1 saturated heterocycles. The van der Waals surface area contributed by atoms with E-state index < -0.39 is 6.04 Å². The van der Waals surface area contributed by atoms with Crippen molar-refractivity contribution in [2.75, 3.05) is 20.3 Å². The molecule has 42 heavy (non-hydrogen) atoms. The Bertz CT molecular complexity index is 1560. The van der Waals surface area contributed by atoms with E-state index in [9.17, 15) is 14.0 Å². The van der Waals surface area contributed by atoms with Crippen molar-refractivity contribution in [3.05, 3.63) is 99.8 Å². The summed E-state index contributed by atoms with van der Waals surface area (Å²) in [5.41, 5.74) is 5.49. The Morgan fingerprint density at radius 1 is 1.07 bits per heavy atom. The maximum Gasteiger partial charge on any atom is 0.254 e. The summed E-state index contributed by atoms with van der Waals surface area (Å²) in [6.07, 6.45) is 3.00. The molecule has 1 aliphatic heterocycles. The van der Waals surface area contributed by atoms with Gasteiger partial charge in [-0.05, 0) is 79.3 Å². The fourth-order valence-corrected chi connectivity index (χ4v) is 5.92. The van der Waals surface area contributed by atoms with Crippen molar-refractivity contribution in [3.63, 3.8) is 0 Å². The molecule has 2 amide bonds. The molecule has 0 unspecified atom stereocenters. The molecule has 1 atom stereocenters. The standard InChI is InChI=1S/C33H34FN3O4S/c1-22-31(42-21-36-22)14-16-41-29-13-12-23(17-30(29)40-2)20-37(28-11-3-4-15-35-32(28)38)33(39)26-9-5-7-24(18-26)25-8-6-10-27(34)19-25/h5-10,12-13,17-19,21,28H,3-4,11,14-16,20H2,1-2H3,(H,35,38)/t28-/m0/s1. The summed E-state index contributed by atoms with van der Waals surface area (Å²) in [7, 11) is 1.58. The monoisotopic (exact) mass is 587 g/mol. The molecule has 0 spiro atoms. The molecule has 1 aliphatic rings. The molecule has 0 aliphatic carbocycles. The largest absolute Gasteiger partial charge is 0.493 e. The summed E-state index contributed by atoms with van der Waals surface area (Å²) < 4.78 is 25.6. The van der Waals surface area contributed by atoms with Gasteiger partial charge in [0.15, 0.2) is 11.5 Å². The summed E-state index contributed by atoms with van der Waals surface area (Å²) >= 11 is 1.61. The number of nitrogens with one attached hydrogen (secondary N) is 1. The fourth-order valence-electron chi connectivity index (χ4n) is 5.16. The molecule has 0 saturated carbocycles. The van der Waals surface area contributed by atoms with E-state index in [1.54, 1.807) is 53.7 Å². The first kappa shape index (κ1) is 29.3. The van der Waals surface area contributed by atoms with Gasteiger partial charge < -0.3 is 19.7 Å². The number of carbonyl (C=O) groups is 2. The Labute approximate surface area is 249 Å². The van der Waals surface area contributed by atoms with Crippen LogP contribution in [0.4, 0.5) is 4.39 Å². The lowest BCUT2D eigenvalue weighted by Crippen LogP contribution is -2.48. The number of hydrogen-bond acceptors (Lipinski definition) is 6. The number of amides is 2. The maximum atomic E-state index is 14.1. The average Bonchev–Trinajstić information content (AvgIpc) is 3.29. The normalized spacial score (nSPS) is 15.0. The van der Waals surface area contributed by atoms with Crippen molar-refractivity contribution in [2.45, 2.75) is 45.2 Å². The molecule has 1 fully saturated rings. The van der Waals surface area contributed by atoms with Crippen molar-refractivity contribution >= 4 is 23.2 Å². The number of benzene rings is 3. The van der Waals surface area contributed by atoms with Gasteiger partial charge in [-0.2, -0.15) is 0 Å². The number of thiazole rings is 1. The number of nitrogens with zero attached hydrogens (tertiary/aromatic N) is 2. The molecule has 7 nitrogen and oxygen atoms in total. The van der Waals surface area contributed by atoms with Gasteiger partial charge in [0.05, 0.1) is 24.9 Å². The lowest BCUT2D eigenvalue weighted by atomic mass is 10.0. The van der Waals surface area contributed by atoms with E-state index in [0.29, 0.717) is 42.2 Å². The van der Waals surface area contributed by atoms with Crippen LogP contribution < -0.4 is 14.8 Å². The summed E-state index contributed by atoms with van der Waals surface area (Å²) in [5, 5.41) is 2.96. The molecule has 218 valence electrons. The van der Waals surface area contributed by atoms with Gasteiger partial charge in [0.2, 0.25) is 5.91 Å². The number of ether oxygens (including phenoxy) is 2. The first-order valence-electron chi connectivity index (χ1n) is 14.1. The highest BCUT2D eigenvalue weighted by atomic mass is 32.1. The zero-order valence-electron chi connectivity index (χ0n) is 23.8. The quantitative estimate of drug-likeness (QED) is 0.239. The molecule has 1 aromatic heterocycles. The van der Waals surface area contributed by atoms with Gasteiger partial charge >= 0.3 is 0 Å². The van der Waals surface area contributed by atoms with Gasteiger partial charge in [0, 0.05) is 30.0 Å². The topological polar surface area (TPSA) is 80.8 Å². The number of halogens is 1. The molecule has 9 heteroatoms. The Hall–Kier alpha value is -4.24. The zero-order valence-corrected chi connectivity index (χ0v) is 24.6. The molecule has 5 rings (SSSR count). The molecule has 0 radical (unpaired) electrons. The van der Waals surface area contributed by atoms with Crippen LogP contribution in [0.2, 0.25) is 0 Å². The molecule has 3 aromatic carbocycles. The van der Waals surface area contributed by atoms with Gasteiger partial charge in [-0.25, -0.2) is 9.37 Å². The number of aromatic nitrogens is 1. The van der Waals surface area contributed by atoms with Crippen LogP contribution in [0.1, 0.15) is 45.8 Å². The average molecular weight is 588 g/mol. The van der Waals surface area contributed by atoms with Gasteiger partial charge in [0.1, 0.15) is 11.9 Å². The van der Waals surface area contributed by atoms with Gasteiger partial charge in [-0.1, -0.05) is 30.3 Å². The van der Waals surface area contributed by atoms with Crippen LogP contribution in [0, 0.1) is 12.7 Å². The number of methoxy groups -OCH3 is 1. The van der Waals surface area contributed by atoms with Crippen molar-refractivity contribution in [1.29, 1.82) is 0 Å². The van der Waals surface area contributed by atoms with E-state index in [2.05, 4.69) is 10.3 Å². The van der Waals surface area contributed by atoms with Gasteiger partial charge in [-0.3, -0.25) is 9.59 Å². The van der Waals surface area contributed by atoms with Crippen LogP contribution in [0.25, 0.3) is 11.1 Å². The second kappa shape index (κ2) is 13.6. The van der Waals surface area contributed by atoms with E-state index >= 15 is 0 Å². The molecule has 4 aromatic rings. The van der Waals surface area contributed by atoms with Crippen LogP contribution >= 0.6 is 11.3 Å². The predicted molar refractivity (Wildman–Crippen MR) is 161 cm³/mol. The molecule has 0 bridgehead atoms. The minimum absolute atomic E-state index is 0.160. The smallest absolute Gasteiger partial charge is 0.254 e. The van der Waals surface area contributed by atoms with Crippen LogP contribution in [-0.2, 0) is 17.8 Å². The molecular weight excluding hydrogens is 553 g/mol. The highest BCUT2D eigenvalue weighted by molar-refractivity contribution is 7.09. The highest BCUT2D eigenvalue weighted by Crippen LogP contribution is 2.30. The van der Waals surface area contributed by atoms with E-state index in [1.165, 1.54) is 17.0 Å². The van der Waals surface area contributed by atoms with Crippen LogP contribution in [0.5, 0.6) is 11.5 Å². The van der Waals surface area contributed by atoms with Crippen molar-refractivity contribution < 1.29 is 23.5 Å². The van der Waals surface area contributed by atoms with Crippen LogP contribution in [0.3, 0.4) is 0 Å². The molecule has 1 N–H and O–H groups in total. The Morgan fingerprint density at radius 3 is 2.64 bits per heavy atom. The molecular formula is C33H34FN3O4S. The van der Waals surface area contributed by atoms with Crippen molar-refractivity contribution in [2.24, 2.45) is 0 Å². The summed E-state index contributed by atoms with van der Waals surface area (Å²) in [6.45, 7) is 3.26. The third-order valence-corrected chi connectivity index (χ3v) is 8.42. The van der Waals surface area contributed by atoms with Crippen LogP contribution in [-0.4, -0.2) is 48.0 Å². The second-order valence-corrected chi connectivity index (χ2v) is 11.2. The van der Waals surface area contributed by atoms with Gasteiger partial charge in [0.25, 0.3) is 5.91 Å². The third kappa shape index (κ3) is 6.97.